The number of ether oxygens (including phenoxy) is 5. The standard InChI is InChI=1S/C29H54O5/c1-12-23-17(6)15(4)20(9)28(31-23)34-27-19(8)21(10)29(32-25(27)14-3)33-26-18(7)16(5)22(11)30-24(26)13-2/h15-29H,12-14H2,1-11H3. The Balaban J connectivity index is 1.72. The van der Waals surface area contributed by atoms with Gasteiger partial charge in [-0.25, -0.2) is 0 Å². The fourth-order valence-corrected chi connectivity index (χ4v) is 6.46. The lowest BCUT2D eigenvalue weighted by Crippen LogP contribution is -2.57. The predicted octanol–water partition coefficient (Wildman–Crippen LogP) is 6.68. The van der Waals surface area contributed by atoms with Crippen molar-refractivity contribution in [3.8, 4) is 0 Å². The summed E-state index contributed by atoms with van der Waals surface area (Å²) in [6.45, 7) is 24.9. The van der Waals surface area contributed by atoms with Gasteiger partial charge in [0.25, 0.3) is 0 Å². The molecule has 0 aromatic rings. The molecular formula is C29H54O5. The Bertz CT molecular complexity index is 622. The molecule has 15 unspecified atom stereocenters. The van der Waals surface area contributed by atoms with Crippen LogP contribution in [0.1, 0.15) is 95.4 Å². The molecule has 0 aromatic carbocycles. The molecule has 3 saturated heterocycles. The van der Waals surface area contributed by atoms with E-state index in [0.29, 0.717) is 35.5 Å². The van der Waals surface area contributed by atoms with Gasteiger partial charge in [-0.1, -0.05) is 69.2 Å². The minimum absolute atomic E-state index is 0.00188. The molecule has 200 valence electrons. The Kier molecular flexibility index (Phi) is 9.93. The first-order valence-electron chi connectivity index (χ1n) is 14.3. The summed E-state index contributed by atoms with van der Waals surface area (Å²) < 4.78 is 33.1. The molecule has 0 amide bonds. The molecule has 3 fully saturated rings. The summed E-state index contributed by atoms with van der Waals surface area (Å²) in [6, 6.07) is 0. The zero-order chi connectivity index (χ0) is 25.3. The van der Waals surface area contributed by atoms with Gasteiger partial charge in [0.05, 0.1) is 36.6 Å². The zero-order valence-corrected chi connectivity index (χ0v) is 23.8. The lowest BCUT2D eigenvalue weighted by molar-refractivity contribution is -0.339. The summed E-state index contributed by atoms with van der Waals surface area (Å²) >= 11 is 0. The third-order valence-electron chi connectivity index (χ3n) is 10.1. The van der Waals surface area contributed by atoms with Crippen molar-refractivity contribution < 1.29 is 23.7 Å². The second-order valence-electron chi connectivity index (χ2n) is 11.9. The van der Waals surface area contributed by atoms with Gasteiger partial charge in [-0.15, -0.1) is 0 Å². The Labute approximate surface area is 210 Å². The molecule has 34 heavy (non-hydrogen) atoms. The molecule has 0 aliphatic carbocycles. The van der Waals surface area contributed by atoms with Crippen LogP contribution in [0.3, 0.4) is 0 Å². The fourth-order valence-electron chi connectivity index (χ4n) is 6.46. The summed E-state index contributed by atoms with van der Waals surface area (Å²) in [6.07, 6.45) is 3.16. The van der Waals surface area contributed by atoms with Gasteiger partial charge in [0, 0.05) is 11.8 Å². The SMILES string of the molecule is CCC1OC(OC2C(CC)OC(OC3C(CC)OC(C)C(C)C3C)C(C)C2C)C(C)C(C)C1C. The van der Waals surface area contributed by atoms with Gasteiger partial charge in [0.2, 0.25) is 0 Å². The van der Waals surface area contributed by atoms with E-state index < -0.39 is 0 Å². The number of rotatable bonds is 7. The van der Waals surface area contributed by atoms with Gasteiger partial charge < -0.3 is 23.7 Å². The van der Waals surface area contributed by atoms with Gasteiger partial charge in [0.1, 0.15) is 0 Å². The van der Waals surface area contributed by atoms with Crippen molar-refractivity contribution in [3.05, 3.63) is 0 Å². The smallest absolute Gasteiger partial charge is 0.161 e. The van der Waals surface area contributed by atoms with E-state index in [1.807, 2.05) is 0 Å². The maximum atomic E-state index is 6.79. The number of hydrogen-bond donors (Lipinski definition) is 0. The van der Waals surface area contributed by atoms with E-state index >= 15 is 0 Å². The van der Waals surface area contributed by atoms with Crippen LogP contribution in [0.4, 0.5) is 0 Å². The maximum absolute atomic E-state index is 6.79. The quantitative estimate of drug-likeness (QED) is 0.405. The third kappa shape index (κ3) is 5.54. The van der Waals surface area contributed by atoms with Crippen LogP contribution in [-0.2, 0) is 23.7 Å². The van der Waals surface area contributed by atoms with Crippen molar-refractivity contribution >= 4 is 0 Å². The van der Waals surface area contributed by atoms with Crippen molar-refractivity contribution in [2.75, 3.05) is 0 Å². The normalized spacial score (nSPS) is 52.5. The van der Waals surface area contributed by atoms with Crippen LogP contribution >= 0.6 is 0 Å². The van der Waals surface area contributed by atoms with Crippen LogP contribution < -0.4 is 0 Å². The summed E-state index contributed by atoms with van der Waals surface area (Å²) in [4.78, 5) is 0. The first-order chi connectivity index (χ1) is 16.0. The molecule has 0 bridgehead atoms. The highest BCUT2D eigenvalue weighted by molar-refractivity contribution is 4.92. The van der Waals surface area contributed by atoms with Gasteiger partial charge in [0.15, 0.2) is 12.6 Å². The Morgan fingerprint density at radius 1 is 0.441 bits per heavy atom. The summed E-state index contributed by atoms with van der Waals surface area (Å²) in [5, 5.41) is 0. The van der Waals surface area contributed by atoms with Crippen molar-refractivity contribution in [1.29, 1.82) is 0 Å². The summed E-state index contributed by atoms with van der Waals surface area (Å²) in [5.41, 5.74) is 0. The fraction of sp³-hybridized carbons (Fsp3) is 1.00. The van der Waals surface area contributed by atoms with Crippen LogP contribution in [0.25, 0.3) is 0 Å². The highest BCUT2D eigenvalue weighted by atomic mass is 16.7. The maximum Gasteiger partial charge on any atom is 0.161 e. The number of hydrogen-bond acceptors (Lipinski definition) is 5. The molecule has 0 aromatic heterocycles. The Hall–Kier alpha value is -0.200. The van der Waals surface area contributed by atoms with Crippen LogP contribution in [0, 0.1) is 41.4 Å². The topological polar surface area (TPSA) is 46.2 Å². The molecule has 0 saturated carbocycles. The monoisotopic (exact) mass is 482 g/mol. The van der Waals surface area contributed by atoms with E-state index in [9.17, 15) is 0 Å². The van der Waals surface area contributed by atoms with Crippen molar-refractivity contribution in [2.45, 2.75) is 145 Å². The van der Waals surface area contributed by atoms with Gasteiger partial charge in [-0.05, 0) is 55.8 Å². The molecule has 3 rings (SSSR count). The Morgan fingerprint density at radius 3 is 1.35 bits per heavy atom. The van der Waals surface area contributed by atoms with Crippen molar-refractivity contribution in [2.24, 2.45) is 41.4 Å². The second-order valence-corrected chi connectivity index (χ2v) is 11.9. The van der Waals surface area contributed by atoms with E-state index in [0.717, 1.165) is 19.3 Å². The molecule has 0 radical (unpaired) electrons. The average Bonchev–Trinajstić information content (AvgIpc) is 2.83. The highest BCUT2D eigenvalue weighted by Crippen LogP contribution is 2.42. The van der Waals surface area contributed by atoms with Crippen LogP contribution in [0.2, 0.25) is 0 Å². The van der Waals surface area contributed by atoms with Crippen LogP contribution in [-0.4, -0.2) is 49.2 Å². The van der Waals surface area contributed by atoms with Crippen molar-refractivity contribution in [1.82, 2.24) is 0 Å². The van der Waals surface area contributed by atoms with Gasteiger partial charge in [-0.3, -0.25) is 0 Å². The largest absolute Gasteiger partial charge is 0.372 e. The molecule has 0 N–H and O–H groups in total. The van der Waals surface area contributed by atoms with Crippen molar-refractivity contribution in [3.63, 3.8) is 0 Å². The first kappa shape index (κ1) is 28.4. The summed E-state index contributed by atoms with van der Waals surface area (Å²) in [7, 11) is 0. The second kappa shape index (κ2) is 11.9. The molecule has 3 aliphatic rings. The third-order valence-corrected chi connectivity index (χ3v) is 10.1. The van der Waals surface area contributed by atoms with Gasteiger partial charge in [-0.2, -0.15) is 0 Å². The molecule has 0 spiro atoms. The van der Waals surface area contributed by atoms with Gasteiger partial charge >= 0.3 is 0 Å². The molecule has 15 atom stereocenters. The van der Waals surface area contributed by atoms with E-state index in [4.69, 9.17) is 23.7 Å². The molecule has 3 heterocycles. The highest BCUT2D eigenvalue weighted by Gasteiger charge is 2.48. The molecule has 5 nitrogen and oxygen atoms in total. The minimum atomic E-state index is -0.238. The van der Waals surface area contributed by atoms with E-state index in [2.05, 4.69) is 76.2 Å². The minimum Gasteiger partial charge on any atom is -0.372 e. The predicted molar refractivity (Wildman–Crippen MR) is 136 cm³/mol. The lowest BCUT2D eigenvalue weighted by atomic mass is 9.78. The molecular weight excluding hydrogens is 428 g/mol. The summed E-state index contributed by atoms with van der Waals surface area (Å²) in [5.74, 6) is 2.91. The van der Waals surface area contributed by atoms with Crippen LogP contribution in [0.5, 0.6) is 0 Å². The molecule has 3 aliphatic heterocycles. The lowest BCUT2D eigenvalue weighted by Gasteiger charge is -2.51. The Morgan fingerprint density at radius 2 is 0.853 bits per heavy atom. The van der Waals surface area contributed by atoms with Crippen LogP contribution in [0.15, 0.2) is 0 Å². The van der Waals surface area contributed by atoms with E-state index in [1.54, 1.807) is 0 Å². The zero-order valence-electron chi connectivity index (χ0n) is 23.8. The first-order valence-corrected chi connectivity index (χ1v) is 14.3. The van der Waals surface area contributed by atoms with E-state index in [1.165, 1.54) is 0 Å². The van der Waals surface area contributed by atoms with E-state index in [-0.39, 0.29) is 55.1 Å². The molecule has 5 heteroatoms. The average molecular weight is 483 g/mol.